The molecule has 4 aromatic rings. The third-order valence-corrected chi connectivity index (χ3v) is 8.68. The molecule has 0 spiro atoms. The average Bonchev–Trinajstić information content (AvgIpc) is 3.85. The first-order chi connectivity index (χ1) is 20.7. The number of nitrogens with one attached hydrogen (secondary N) is 2. The van der Waals surface area contributed by atoms with Gasteiger partial charge in [0.1, 0.15) is 28.0 Å². The van der Waals surface area contributed by atoms with Crippen LogP contribution < -0.4 is 24.2 Å². The molecule has 0 atom stereocenters. The van der Waals surface area contributed by atoms with Crippen LogP contribution in [0.3, 0.4) is 0 Å². The lowest BCUT2D eigenvalue weighted by Crippen LogP contribution is -2.24. The summed E-state index contributed by atoms with van der Waals surface area (Å²) in [6, 6.07) is 16.5. The Hall–Kier alpha value is -4.19. The van der Waals surface area contributed by atoms with E-state index in [0.717, 1.165) is 18.7 Å². The number of hydrogen-bond acceptors (Lipinski definition) is 8. The second-order valence-electron chi connectivity index (χ2n) is 10.0. The van der Waals surface area contributed by atoms with Crippen LogP contribution in [0.4, 0.5) is 5.69 Å². The largest absolute Gasteiger partial charge is 0.497 e. The molecule has 2 N–H and O–H groups in total. The molecule has 0 bridgehead atoms. The van der Waals surface area contributed by atoms with Crippen LogP contribution in [0.5, 0.6) is 23.0 Å². The summed E-state index contributed by atoms with van der Waals surface area (Å²) in [5.74, 6) is 2.16. The first-order valence-electron chi connectivity index (χ1n) is 13.6. The van der Waals surface area contributed by atoms with E-state index in [1.165, 1.54) is 26.4 Å². The second kappa shape index (κ2) is 13.0. The van der Waals surface area contributed by atoms with Gasteiger partial charge in [-0.25, -0.2) is 23.1 Å². The predicted octanol–water partition coefficient (Wildman–Crippen LogP) is 5.79. The average molecular weight is 623 g/mol. The molecule has 0 unspecified atom stereocenters. The normalized spacial score (nSPS) is 12.9. The molecule has 0 aliphatic heterocycles. The smallest absolute Gasteiger partial charge is 0.244 e. The molecule has 1 aliphatic carbocycles. The van der Waals surface area contributed by atoms with Gasteiger partial charge in [0.15, 0.2) is 5.75 Å². The van der Waals surface area contributed by atoms with Gasteiger partial charge in [0.05, 0.1) is 32.5 Å². The summed E-state index contributed by atoms with van der Waals surface area (Å²) in [6.07, 6.45) is 3.67. The fourth-order valence-electron chi connectivity index (χ4n) is 4.38. The standard InChI is InChI=1S/C31H31ClN4O6S/c1-19-28(18-33-31(35-19)20-8-9-20)42-26-13-11-23(36-30(37)14-21-6-4-5-7-25(21)32)15-29(26)43(38,39)34-17-22-10-12-24(40-2)16-27(22)41-3/h4-7,10-13,15-16,18,20,34H,8-9,14,17H2,1-3H3,(H,36,37). The van der Waals surface area contributed by atoms with E-state index in [-0.39, 0.29) is 35.2 Å². The lowest BCUT2D eigenvalue weighted by molar-refractivity contribution is -0.115. The van der Waals surface area contributed by atoms with Crippen molar-refractivity contribution in [1.82, 2.24) is 14.7 Å². The number of methoxy groups -OCH3 is 2. The topological polar surface area (TPSA) is 129 Å². The number of carbonyl (C=O) groups is 1. The molecule has 1 aliphatic rings. The van der Waals surface area contributed by atoms with E-state index in [2.05, 4.69) is 20.0 Å². The van der Waals surface area contributed by atoms with Crippen molar-refractivity contribution in [1.29, 1.82) is 0 Å². The highest BCUT2D eigenvalue weighted by atomic mass is 35.5. The summed E-state index contributed by atoms with van der Waals surface area (Å²) in [6.45, 7) is 1.71. The lowest BCUT2D eigenvalue weighted by atomic mass is 10.1. The van der Waals surface area contributed by atoms with E-state index >= 15 is 0 Å². The van der Waals surface area contributed by atoms with Crippen LogP contribution in [-0.2, 0) is 27.8 Å². The molecule has 0 saturated heterocycles. The molecule has 10 nitrogen and oxygen atoms in total. The number of carbonyl (C=O) groups excluding carboxylic acids is 1. The van der Waals surface area contributed by atoms with Crippen LogP contribution in [0.1, 0.15) is 41.4 Å². The monoisotopic (exact) mass is 622 g/mol. The van der Waals surface area contributed by atoms with Crippen LogP contribution in [0.25, 0.3) is 0 Å². The third kappa shape index (κ3) is 7.42. The van der Waals surface area contributed by atoms with E-state index in [1.54, 1.807) is 61.7 Å². The van der Waals surface area contributed by atoms with Gasteiger partial charge in [-0.2, -0.15) is 0 Å². The molecule has 3 aromatic carbocycles. The summed E-state index contributed by atoms with van der Waals surface area (Å²) >= 11 is 6.21. The minimum absolute atomic E-state index is 0.0133. The fourth-order valence-corrected chi connectivity index (χ4v) is 5.74. The summed E-state index contributed by atoms with van der Waals surface area (Å²) in [4.78, 5) is 21.6. The Bertz CT molecular complexity index is 1760. The van der Waals surface area contributed by atoms with Crippen molar-refractivity contribution in [3.63, 3.8) is 0 Å². The summed E-state index contributed by atoms with van der Waals surface area (Å²) in [5, 5.41) is 3.23. The molecule has 12 heteroatoms. The van der Waals surface area contributed by atoms with Crippen LogP contribution in [-0.4, -0.2) is 38.5 Å². The maximum atomic E-state index is 13.7. The van der Waals surface area contributed by atoms with Crippen LogP contribution in [0.2, 0.25) is 5.02 Å². The number of sulfonamides is 1. The number of benzene rings is 3. The van der Waals surface area contributed by atoms with E-state index in [0.29, 0.717) is 45.0 Å². The summed E-state index contributed by atoms with van der Waals surface area (Å²) in [7, 11) is -1.15. The van der Waals surface area contributed by atoms with Crippen molar-refractivity contribution < 1.29 is 27.4 Å². The van der Waals surface area contributed by atoms with E-state index < -0.39 is 10.0 Å². The SMILES string of the molecule is COc1ccc(CNS(=O)(=O)c2cc(NC(=O)Cc3ccccc3Cl)ccc2Oc2cnc(C3CC3)nc2C)c(OC)c1. The van der Waals surface area contributed by atoms with Crippen molar-refractivity contribution in [2.75, 3.05) is 19.5 Å². The summed E-state index contributed by atoms with van der Waals surface area (Å²) in [5.41, 5.74) is 2.10. The number of hydrogen-bond donors (Lipinski definition) is 2. The fraction of sp³-hybridized carbons (Fsp3) is 0.258. The van der Waals surface area contributed by atoms with E-state index in [4.69, 9.17) is 25.8 Å². The van der Waals surface area contributed by atoms with E-state index in [1.807, 2.05) is 0 Å². The number of ether oxygens (including phenoxy) is 3. The second-order valence-corrected chi connectivity index (χ2v) is 12.2. The minimum Gasteiger partial charge on any atom is -0.497 e. The molecular weight excluding hydrogens is 592 g/mol. The van der Waals surface area contributed by atoms with Gasteiger partial charge in [-0.3, -0.25) is 4.79 Å². The number of halogens is 1. The molecule has 1 heterocycles. The number of aryl methyl sites for hydroxylation is 1. The Morgan fingerprint density at radius 3 is 2.47 bits per heavy atom. The molecule has 1 aromatic heterocycles. The zero-order chi connectivity index (χ0) is 30.6. The molecular formula is C31H31ClN4O6S. The van der Waals surface area contributed by atoms with Gasteiger partial charge >= 0.3 is 0 Å². The van der Waals surface area contributed by atoms with Gasteiger partial charge in [0.2, 0.25) is 15.9 Å². The zero-order valence-corrected chi connectivity index (χ0v) is 25.5. The van der Waals surface area contributed by atoms with Gasteiger partial charge in [0, 0.05) is 34.8 Å². The molecule has 1 amide bonds. The van der Waals surface area contributed by atoms with Crippen molar-refractivity contribution in [3.8, 4) is 23.0 Å². The minimum atomic E-state index is -4.17. The highest BCUT2D eigenvalue weighted by Gasteiger charge is 2.28. The molecule has 43 heavy (non-hydrogen) atoms. The zero-order valence-electron chi connectivity index (χ0n) is 23.9. The maximum absolute atomic E-state index is 13.7. The predicted molar refractivity (Wildman–Crippen MR) is 163 cm³/mol. The Morgan fingerprint density at radius 1 is 0.977 bits per heavy atom. The maximum Gasteiger partial charge on any atom is 0.244 e. The number of amides is 1. The van der Waals surface area contributed by atoms with Gasteiger partial charge in [-0.05, 0) is 55.7 Å². The van der Waals surface area contributed by atoms with Gasteiger partial charge < -0.3 is 19.5 Å². The Kier molecular flexibility index (Phi) is 9.14. The lowest BCUT2D eigenvalue weighted by Gasteiger charge is -2.16. The van der Waals surface area contributed by atoms with Gasteiger partial charge in [-0.1, -0.05) is 35.9 Å². The quantitative estimate of drug-likeness (QED) is 0.203. The highest BCUT2D eigenvalue weighted by molar-refractivity contribution is 7.89. The van der Waals surface area contributed by atoms with Crippen molar-refractivity contribution in [2.45, 2.75) is 43.5 Å². The van der Waals surface area contributed by atoms with Gasteiger partial charge in [-0.15, -0.1) is 0 Å². The number of nitrogens with zero attached hydrogens (tertiary/aromatic N) is 2. The van der Waals surface area contributed by atoms with Crippen LogP contribution in [0, 0.1) is 6.92 Å². The van der Waals surface area contributed by atoms with Crippen LogP contribution >= 0.6 is 11.6 Å². The van der Waals surface area contributed by atoms with Crippen molar-refractivity contribution >= 4 is 33.2 Å². The van der Waals surface area contributed by atoms with E-state index in [9.17, 15) is 13.2 Å². The molecule has 0 radical (unpaired) electrons. The molecule has 5 rings (SSSR count). The number of aromatic nitrogens is 2. The number of rotatable bonds is 12. The third-order valence-electron chi connectivity index (χ3n) is 6.89. The highest BCUT2D eigenvalue weighted by Crippen LogP contribution is 2.39. The van der Waals surface area contributed by atoms with Crippen molar-refractivity contribution in [2.24, 2.45) is 0 Å². The summed E-state index contributed by atoms with van der Waals surface area (Å²) < 4.78 is 46.8. The van der Waals surface area contributed by atoms with Crippen LogP contribution in [0.15, 0.2) is 71.8 Å². The molecule has 224 valence electrons. The Morgan fingerprint density at radius 2 is 1.77 bits per heavy atom. The number of anilines is 1. The first-order valence-corrected chi connectivity index (χ1v) is 15.4. The Labute approximate surface area is 255 Å². The first kappa shape index (κ1) is 30.3. The van der Waals surface area contributed by atoms with Gasteiger partial charge in [0.25, 0.3) is 0 Å². The molecule has 1 fully saturated rings. The Balaban J connectivity index is 1.43. The van der Waals surface area contributed by atoms with Crippen molar-refractivity contribution in [3.05, 3.63) is 94.5 Å². The molecule has 1 saturated carbocycles.